The number of aromatic nitrogens is 6. The molecule has 0 unspecified atom stereocenters. The third-order valence-electron chi connectivity index (χ3n) is 4.53. The highest BCUT2D eigenvalue weighted by Crippen LogP contribution is 2.26. The van der Waals surface area contributed by atoms with Gasteiger partial charge in [0.1, 0.15) is 12.9 Å². The molecule has 0 radical (unpaired) electrons. The van der Waals surface area contributed by atoms with Crippen molar-refractivity contribution >= 4 is 0 Å². The van der Waals surface area contributed by atoms with Crippen LogP contribution in [-0.4, -0.2) is 36.5 Å². The first-order valence-electron chi connectivity index (χ1n) is 8.56. The monoisotopic (exact) mass is 340 g/mol. The van der Waals surface area contributed by atoms with Crippen molar-refractivity contribution in [3.63, 3.8) is 0 Å². The number of hydrogen-bond donors (Lipinski definition) is 0. The van der Waals surface area contributed by atoms with Gasteiger partial charge in [0.05, 0.1) is 11.8 Å². The lowest BCUT2D eigenvalue weighted by atomic mass is 9.89. The van der Waals surface area contributed by atoms with Gasteiger partial charge in [-0.2, -0.15) is 0 Å². The lowest BCUT2D eigenvalue weighted by molar-refractivity contribution is -0.00444. The van der Waals surface area contributed by atoms with Gasteiger partial charge in [-0.05, 0) is 53.5 Å². The van der Waals surface area contributed by atoms with Gasteiger partial charge < -0.3 is 9.15 Å². The van der Waals surface area contributed by atoms with Gasteiger partial charge in [0.15, 0.2) is 0 Å². The van der Waals surface area contributed by atoms with Gasteiger partial charge in [-0.1, -0.05) is 19.8 Å². The van der Waals surface area contributed by atoms with Crippen LogP contribution in [0.4, 0.5) is 0 Å². The molecule has 8 nitrogen and oxygen atoms in total. The van der Waals surface area contributed by atoms with Crippen molar-refractivity contribution in [2.75, 3.05) is 0 Å². The van der Waals surface area contributed by atoms with Crippen LogP contribution >= 0.6 is 0 Å². The zero-order valence-electron chi connectivity index (χ0n) is 14.1. The lowest BCUT2D eigenvalue weighted by Gasteiger charge is -2.26. The van der Waals surface area contributed by atoms with E-state index in [-0.39, 0.29) is 0 Å². The largest absolute Gasteiger partial charge is 0.418 e. The van der Waals surface area contributed by atoms with E-state index in [9.17, 15) is 0 Å². The summed E-state index contributed by atoms with van der Waals surface area (Å²) in [6.45, 7) is 2.65. The van der Waals surface area contributed by atoms with Crippen LogP contribution < -0.4 is 0 Å². The SMILES string of the molecule is C[C@@H]1CCC[C@@H](OCc2nnc(-c3ccc(-n4cnnn4)cc3)o2)C1. The van der Waals surface area contributed by atoms with Gasteiger partial charge in [-0.15, -0.1) is 15.3 Å². The van der Waals surface area contributed by atoms with Crippen LogP contribution in [0.25, 0.3) is 17.1 Å². The number of ether oxygens (including phenoxy) is 1. The summed E-state index contributed by atoms with van der Waals surface area (Å²) in [5.74, 6) is 1.73. The van der Waals surface area contributed by atoms with Crippen molar-refractivity contribution in [3.05, 3.63) is 36.5 Å². The van der Waals surface area contributed by atoms with E-state index in [4.69, 9.17) is 9.15 Å². The van der Waals surface area contributed by atoms with E-state index in [1.807, 2.05) is 24.3 Å². The Morgan fingerprint density at radius 3 is 2.84 bits per heavy atom. The molecular formula is C17H20N6O2. The molecule has 0 amide bonds. The van der Waals surface area contributed by atoms with Crippen LogP contribution in [0.1, 0.15) is 38.5 Å². The van der Waals surface area contributed by atoms with Gasteiger partial charge in [0, 0.05) is 5.56 Å². The number of hydrogen-bond acceptors (Lipinski definition) is 7. The van der Waals surface area contributed by atoms with Gasteiger partial charge >= 0.3 is 0 Å². The Balaban J connectivity index is 1.39. The fourth-order valence-electron chi connectivity index (χ4n) is 3.18. The molecule has 0 saturated heterocycles. The molecule has 4 rings (SSSR count). The summed E-state index contributed by atoms with van der Waals surface area (Å²) in [6.07, 6.45) is 6.60. The fraction of sp³-hybridized carbons (Fsp3) is 0.471. The van der Waals surface area contributed by atoms with Crippen molar-refractivity contribution < 1.29 is 9.15 Å². The Labute approximate surface area is 145 Å². The predicted molar refractivity (Wildman–Crippen MR) is 88.7 cm³/mol. The first kappa shape index (κ1) is 15.9. The quantitative estimate of drug-likeness (QED) is 0.705. The van der Waals surface area contributed by atoms with Crippen molar-refractivity contribution in [3.8, 4) is 17.1 Å². The molecule has 0 N–H and O–H groups in total. The topological polar surface area (TPSA) is 91.8 Å². The van der Waals surface area contributed by atoms with Crippen molar-refractivity contribution in [1.29, 1.82) is 0 Å². The van der Waals surface area contributed by atoms with Crippen molar-refractivity contribution in [2.45, 2.75) is 45.3 Å². The third kappa shape index (κ3) is 3.74. The molecule has 0 spiro atoms. The molecule has 2 atom stereocenters. The number of rotatable bonds is 5. The van der Waals surface area contributed by atoms with Crippen LogP contribution in [0.3, 0.4) is 0 Å². The Bertz CT molecular complexity index is 799. The zero-order valence-corrected chi connectivity index (χ0v) is 14.1. The second kappa shape index (κ2) is 7.10. The molecule has 2 heterocycles. The normalized spacial score (nSPS) is 20.7. The molecule has 1 aliphatic carbocycles. The molecule has 1 saturated carbocycles. The maximum absolute atomic E-state index is 5.93. The molecule has 0 aliphatic heterocycles. The summed E-state index contributed by atoms with van der Waals surface area (Å²) in [5, 5.41) is 19.3. The highest BCUT2D eigenvalue weighted by molar-refractivity contribution is 5.55. The van der Waals surface area contributed by atoms with Crippen molar-refractivity contribution in [2.24, 2.45) is 5.92 Å². The summed E-state index contributed by atoms with van der Waals surface area (Å²) < 4.78 is 13.2. The molecule has 25 heavy (non-hydrogen) atoms. The minimum absolute atomic E-state index is 0.301. The third-order valence-corrected chi connectivity index (χ3v) is 4.53. The molecule has 2 aromatic heterocycles. The van der Waals surface area contributed by atoms with Crippen LogP contribution in [0.5, 0.6) is 0 Å². The maximum atomic E-state index is 5.93. The van der Waals surface area contributed by atoms with E-state index in [2.05, 4.69) is 32.6 Å². The van der Waals surface area contributed by atoms with E-state index >= 15 is 0 Å². The van der Waals surface area contributed by atoms with Crippen LogP contribution in [0, 0.1) is 5.92 Å². The first-order valence-corrected chi connectivity index (χ1v) is 8.56. The first-order chi connectivity index (χ1) is 12.3. The van der Waals surface area contributed by atoms with Gasteiger partial charge in [-0.3, -0.25) is 0 Å². The molecule has 8 heteroatoms. The molecule has 1 fully saturated rings. The van der Waals surface area contributed by atoms with Gasteiger partial charge in [-0.25, -0.2) is 4.68 Å². The molecule has 1 aromatic carbocycles. The molecule has 0 bridgehead atoms. The summed E-state index contributed by atoms with van der Waals surface area (Å²) in [6, 6.07) is 7.60. The molecule has 1 aliphatic rings. The summed E-state index contributed by atoms with van der Waals surface area (Å²) in [5.41, 5.74) is 1.71. The Hall–Kier alpha value is -2.61. The predicted octanol–water partition coefficient (Wildman–Crippen LogP) is 2.81. The Kier molecular flexibility index (Phi) is 4.51. The Morgan fingerprint density at radius 1 is 1.20 bits per heavy atom. The van der Waals surface area contributed by atoms with E-state index in [1.165, 1.54) is 12.8 Å². The molecule has 3 aromatic rings. The zero-order chi connectivity index (χ0) is 17.1. The van der Waals surface area contributed by atoms with E-state index < -0.39 is 0 Å². The van der Waals surface area contributed by atoms with Crippen LogP contribution in [0.15, 0.2) is 35.0 Å². The lowest BCUT2D eigenvalue weighted by Crippen LogP contribution is -2.21. The second-order valence-electron chi connectivity index (χ2n) is 6.51. The molecular weight excluding hydrogens is 320 g/mol. The Morgan fingerprint density at radius 2 is 2.08 bits per heavy atom. The van der Waals surface area contributed by atoms with Crippen molar-refractivity contribution in [1.82, 2.24) is 30.4 Å². The van der Waals surface area contributed by atoms with E-state index in [0.29, 0.717) is 24.5 Å². The highest BCUT2D eigenvalue weighted by atomic mass is 16.5. The highest BCUT2D eigenvalue weighted by Gasteiger charge is 2.20. The average Bonchev–Trinajstić information content (AvgIpc) is 3.32. The summed E-state index contributed by atoms with van der Waals surface area (Å²) in [7, 11) is 0. The second-order valence-corrected chi connectivity index (χ2v) is 6.51. The average molecular weight is 340 g/mol. The smallest absolute Gasteiger partial charge is 0.247 e. The van der Waals surface area contributed by atoms with Crippen LogP contribution in [0.2, 0.25) is 0 Å². The van der Waals surface area contributed by atoms with Gasteiger partial charge in [0.25, 0.3) is 0 Å². The number of benzene rings is 1. The standard InChI is InChI=1S/C17H20N6O2/c1-12-3-2-4-15(9-12)24-10-16-19-20-17(25-16)13-5-7-14(8-6-13)23-11-18-21-22-23/h5-8,11-12,15H,2-4,9-10H2,1H3/t12-,15-/m1/s1. The fourth-order valence-corrected chi connectivity index (χ4v) is 3.18. The number of nitrogens with zero attached hydrogens (tertiary/aromatic N) is 6. The summed E-state index contributed by atoms with van der Waals surface area (Å²) in [4.78, 5) is 0. The molecule has 130 valence electrons. The van der Waals surface area contributed by atoms with Crippen LogP contribution in [-0.2, 0) is 11.3 Å². The maximum Gasteiger partial charge on any atom is 0.247 e. The minimum Gasteiger partial charge on any atom is -0.418 e. The van der Waals surface area contributed by atoms with E-state index in [1.54, 1.807) is 11.0 Å². The minimum atomic E-state index is 0.301. The van der Waals surface area contributed by atoms with E-state index in [0.717, 1.165) is 30.0 Å². The number of tetrazole rings is 1. The van der Waals surface area contributed by atoms with Gasteiger partial charge in [0.2, 0.25) is 11.8 Å². The summed E-state index contributed by atoms with van der Waals surface area (Å²) >= 11 is 0.